The van der Waals surface area contributed by atoms with Gasteiger partial charge in [-0.15, -0.1) is 12.1 Å². The molecule has 0 saturated heterocycles. The number of hydrogen-bond acceptors (Lipinski definition) is 1. The first-order chi connectivity index (χ1) is 11.1. The smallest absolute Gasteiger partial charge is 0.513 e. The monoisotopic (exact) mass is 410 g/mol. The molecule has 0 amide bonds. The maximum atomic E-state index is 13.3. The van der Waals surface area contributed by atoms with Gasteiger partial charge in [0, 0.05) is 16.6 Å². The van der Waals surface area contributed by atoms with Crippen LogP contribution in [0.1, 0.15) is 11.1 Å². The van der Waals surface area contributed by atoms with Crippen LogP contribution in [0, 0.1) is 18.8 Å². The Kier molecular flexibility index (Phi) is 7.64. The van der Waals surface area contributed by atoms with Gasteiger partial charge in [-0.3, -0.25) is 0 Å². The van der Waals surface area contributed by atoms with Crippen LogP contribution in [0.4, 0.5) is 4.39 Å². The summed E-state index contributed by atoms with van der Waals surface area (Å²) < 4.78 is 18.9. The van der Waals surface area contributed by atoms with E-state index in [2.05, 4.69) is 37.3 Å². The van der Waals surface area contributed by atoms with Crippen LogP contribution in [0.3, 0.4) is 0 Å². The molecule has 0 spiro atoms. The van der Waals surface area contributed by atoms with E-state index in [4.69, 9.17) is 16.3 Å². The van der Waals surface area contributed by atoms with Crippen LogP contribution in [0.5, 0.6) is 5.75 Å². The van der Waals surface area contributed by atoms with Crippen molar-refractivity contribution in [1.82, 2.24) is 0 Å². The molecule has 0 radical (unpaired) electrons. The van der Waals surface area contributed by atoms with Crippen molar-refractivity contribution in [3.05, 3.63) is 88.7 Å². The van der Waals surface area contributed by atoms with E-state index in [9.17, 15) is 4.39 Å². The average molecular weight is 411 g/mol. The standard InChI is InChI=1S/C20H15ClFO.Rb/c1-14-5-9-16(10-6-14)17-11-7-15(8-12-17)13-23-19-4-2-3-18(22)20(19)21;/h2,4-12H,13H2,1H3;/q-1;+1. The van der Waals surface area contributed by atoms with Gasteiger partial charge in [0.15, 0.2) is 0 Å². The quantitative estimate of drug-likeness (QED) is 0.601. The van der Waals surface area contributed by atoms with Crippen molar-refractivity contribution in [3.63, 3.8) is 0 Å². The third kappa shape index (κ3) is 5.00. The van der Waals surface area contributed by atoms with Gasteiger partial charge >= 0.3 is 58.2 Å². The van der Waals surface area contributed by atoms with Gasteiger partial charge in [-0.05, 0) is 23.6 Å². The number of hydrogen-bond donors (Lipinski definition) is 0. The molecule has 0 aromatic heterocycles. The Morgan fingerprint density at radius 2 is 1.54 bits per heavy atom. The summed E-state index contributed by atoms with van der Waals surface area (Å²) in [7, 11) is 0. The van der Waals surface area contributed by atoms with Gasteiger partial charge in [-0.25, -0.2) is 4.39 Å². The molecule has 0 heterocycles. The zero-order valence-electron chi connectivity index (χ0n) is 13.6. The number of halogens is 2. The van der Waals surface area contributed by atoms with Crippen molar-refractivity contribution in [3.8, 4) is 16.9 Å². The topological polar surface area (TPSA) is 9.23 Å². The van der Waals surface area contributed by atoms with E-state index >= 15 is 0 Å². The summed E-state index contributed by atoms with van der Waals surface area (Å²) >= 11 is 5.85. The Bertz CT molecular complexity index is 801. The van der Waals surface area contributed by atoms with Gasteiger partial charge < -0.3 is 4.74 Å². The zero-order valence-corrected chi connectivity index (χ0v) is 19.3. The number of aryl methyl sites for hydroxylation is 1. The van der Waals surface area contributed by atoms with Crippen molar-refractivity contribution < 1.29 is 67.3 Å². The molecule has 24 heavy (non-hydrogen) atoms. The van der Waals surface area contributed by atoms with Gasteiger partial charge in [0.25, 0.3) is 0 Å². The van der Waals surface area contributed by atoms with Crippen molar-refractivity contribution >= 4 is 11.6 Å². The van der Waals surface area contributed by atoms with E-state index in [1.165, 1.54) is 17.2 Å². The van der Waals surface area contributed by atoms with Crippen LogP contribution < -0.4 is 62.9 Å². The number of rotatable bonds is 4. The van der Waals surface area contributed by atoms with Crippen molar-refractivity contribution in [2.24, 2.45) is 0 Å². The molecular formula is C20H15ClFORb. The molecule has 0 aliphatic carbocycles. The molecule has 0 fully saturated rings. The normalized spacial score (nSPS) is 10.1. The van der Waals surface area contributed by atoms with E-state index in [0.717, 1.165) is 11.1 Å². The van der Waals surface area contributed by atoms with Crippen LogP contribution in [0.25, 0.3) is 11.1 Å². The molecule has 0 bridgehead atoms. The van der Waals surface area contributed by atoms with Crippen LogP contribution in [0.2, 0.25) is 5.02 Å². The Morgan fingerprint density at radius 3 is 2.17 bits per heavy atom. The molecule has 0 saturated carbocycles. The molecule has 4 heteroatoms. The fraction of sp³-hybridized carbons (Fsp3) is 0.100. The summed E-state index contributed by atoms with van der Waals surface area (Å²) in [5.41, 5.74) is 4.55. The van der Waals surface area contributed by atoms with Gasteiger partial charge in [0.1, 0.15) is 6.61 Å². The molecule has 0 aliphatic heterocycles. The van der Waals surface area contributed by atoms with Crippen molar-refractivity contribution in [2.45, 2.75) is 13.5 Å². The van der Waals surface area contributed by atoms with E-state index < -0.39 is 5.82 Å². The van der Waals surface area contributed by atoms with Crippen LogP contribution in [-0.2, 0) is 6.61 Å². The maximum Gasteiger partial charge on any atom is 1.00 e. The molecule has 3 aromatic rings. The first kappa shape index (κ1) is 19.8. The molecule has 3 aromatic carbocycles. The minimum atomic E-state index is -0.598. The SMILES string of the molecule is Cc1ccc(-c2ccc(COc3cc[c-]c(F)c3Cl)cc2)cc1.[Rb+]. The Morgan fingerprint density at radius 1 is 0.958 bits per heavy atom. The number of benzene rings is 3. The van der Waals surface area contributed by atoms with Crippen molar-refractivity contribution in [1.29, 1.82) is 0 Å². The van der Waals surface area contributed by atoms with Crippen LogP contribution in [-0.4, -0.2) is 0 Å². The molecule has 3 rings (SSSR count). The van der Waals surface area contributed by atoms with Gasteiger partial charge in [-0.1, -0.05) is 54.1 Å². The molecule has 0 aliphatic rings. The molecule has 116 valence electrons. The predicted molar refractivity (Wildman–Crippen MR) is 91.2 cm³/mol. The molecule has 1 nitrogen and oxygen atoms in total. The number of ether oxygens (including phenoxy) is 1. The van der Waals surface area contributed by atoms with E-state index in [-0.39, 0.29) is 63.2 Å². The first-order valence-corrected chi connectivity index (χ1v) is 7.66. The molecular weight excluding hydrogens is 396 g/mol. The summed E-state index contributed by atoms with van der Waals surface area (Å²) in [6.07, 6.45) is 0. The van der Waals surface area contributed by atoms with E-state index in [1.807, 2.05) is 24.3 Å². The van der Waals surface area contributed by atoms with E-state index in [1.54, 1.807) is 6.07 Å². The second-order valence-electron chi connectivity index (χ2n) is 5.32. The summed E-state index contributed by atoms with van der Waals surface area (Å²) in [6.45, 7) is 2.40. The summed E-state index contributed by atoms with van der Waals surface area (Å²) in [5, 5.41) is -0.0382. The van der Waals surface area contributed by atoms with Crippen LogP contribution in [0.15, 0.2) is 60.7 Å². The molecule has 0 atom stereocenters. The Labute approximate surface area is 195 Å². The second-order valence-corrected chi connectivity index (χ2v) is 5.70. The fourth-order valence-electron chi connectivity index (χ4n) is 2.25. The second kappa shape index (κ2) is 9.26. The van der Waals surface area contributed by atoms with Crippen LogP contribution >= 0.6 is 11.6 Å². The Hall–Kier alpha value is -0.515. The minimum Gasteiger partial charge on any atom is -0.513 e. The van der Waals surface area contributed by atoms with E-state index in [0.29, 0.717) is 12.4 Å². The van der Waals surface area contributed by atoms with Gasteiger partial charge in [-0.2, -0.15) is 17.7 Å². The van der Waals surface area contributed by atoms with Crippen molar-refractivity contribution in [2.75, 3.05) is 0 Å². The largest absolute Gasteiger partial charge is 1.00 e. The summed E-state index contributed by atoms with van der Waals surface area (Å²) in [4.78, 5) is 0. The predicted octanol–water partition coefficient (Wildman–Crippen LogP) is 2.84. The third-order valence-electron chi connectivity index (χ3n) is 3.59. The Balaban J connectivity index is 0.00000208. The molecule has 0 N–H and O–H groups in total. The fourth-order valence-corrected chi connectivity index (χ4v) is 2.42. The minimum absolute atomic E-state index is 0. The third-order valence-corrected chi connectivity index (χ3v) is 3.94. The summed E-state index contributed by atoms with van der Waals surface area (Å²) in [5.74, 6) is -0.274. The average Bonchev–Trinajstić information content (AvgIpc) is 2.57. The zero-order chi connectivity index (χ0) is 16.2. The van der Waals surface area contributed by atoms with Gasteiger partial charge in [0.2, 0.25) is 0 Å². The first-order valence-electron chi connectivity index (χ1n) is 7.28. The molecule has 0 unspecified atom stereocenters. The summed E-state index contributed by atoms with van der Waals surface area (Å²) in [6, 6.07) is 21.9. The maximum absolute atomic E-state index is 13.3. The van der Waals surface area contributed by atoms with Gasteiger partial charge in [0.05, 0.1) is 0 Å².